The molecule has 8 heteroatoms. The second-order valence-corrected chi connectivity index (χ2v) is 8.80. The average Bonchev–Trinajstić information content (AvgIpc) is 3.46. The lowest BCUT2D eigenvalue weighted by molar-refractivity contribution is 0.302. The summed E-state index contributed by atoms with van der Waals surface area (Å²) >= 11 is 11.9. The second-order valence-electron chi connectivity index (χ2n) is 8.00. The first kappa shape index (κ1) is 22.4. The molecule has 0 amide bonds. The van der Waals surface area contributed by atoms with E-state index in [1.807, 2.05) is 59.3 Å². The molecule has 3 heterocycles. The highest BCUT2D eigenvalue weighted by molar-refractivity contribution is 7.80. The number of benzene rings is 2. The van der Waals surface area contributed by atoms with Crippen LogP contribution in [0.3, 0.4) is 0 Å². The van der Waals surface area contributed by atoms with Crippen LogP contribution in [0.5, 0.6) is 5.75 Å². The summed E-state index contributed by atoms with van der Waals surface area (Å²) in [6.07, 6.45) is 3.73. The van der Waals surface area contributed by atoms with Gasteiger partial charge in [0.15, 0.2) is 5.11 Å². The molecule has 2 aromatic carbocycles. The molecule has 1 aliphatic heterocycles. The first-order valence-corrected chi connectivity index (χ1v) is 11.6. The van der Waals surface area contributed by atoms with E-state index in [1.54, 1.807) is 25.4 Å². The van der Waals surface area contributed by atoms with Gasteiger partial charge in [-0.15, -0.1) is 0 Å². The highest BCUT2D eigenvalue weighted by Gasteiger charge is 2.41. The van der Waals surface area contributed by atoms with E-state index in [0.29, 0.717) is 11.7 Å². The van der Waals surface area contributed by atoms with Crippen molar-refractivity contribution in [2.24, 2.45) is 0 Å². The fraction of sp³-hybridized carbons (Fsp3) is 0.154. The number of methoxy groups -OCH3 is 1. The smallest absolute Gasteiger partial charge is 0.170 e. The molecule has 4 aromatic rings. The van der Waals surface area contributed by atoms with Crippen molar-refractivity contribution in [3.63, 3.8) is 0 Å². The standard InChI is InChI=1S/C26H22ClFN4OS/c1-33-19-10-7-17(8-11-19)16-32-25(24(30-26(32)34)22-5-2-3-13-29-22)23-6-4-14-31(23)18-9-12-21(28)20(27)15-18/h2-15,24-25H,16H2,1H3,(H,30,34)/t24-,25+/m1/s1. The summed E-state index contributed by atoms with van der Waals surface area (Å²) in [6.45, 7) is 0.596. The van der Waals surface area contributed by atoms with E-state index in [2.05, 4.69) is 21.3 Å². The summed E-state index contributed by atoms with van der Waals surface area (Å²) in [4.78, 5) is 6.76. The van der Waals surface area contributed by atoms with Crippen molar-refractivity contribution in [2.75, 3.05) is 7.11 Å². The summed E-state index contributed by atoms with van der Waals surface area (Å²) in [5.41, 5.74) is 3.74. The third-order valence-corrected chi connectivity index (χ3v) is 6.62. The molecule has 0 saturated carbocycles. The number of rotatable bonds is 6. The van der Waals surface area contributed by atoms with E-state index in [0.717, 1.165) is 28.4 Å². The fourth-order valence-electron chi connectivity index (χ4n) is 4.33. The average molecular weight is 493 g/mol. The molecule has 1 saturated heterocycles. The van der Waals surface area contributed by atoms with Gasteiger partial charge in [-0.3, -0.25) is 4.98 Å². The van der Waals surface area contributed by atoms with Crippen molar-refractivity contribution in [1.29, 1.82) is 0 Å². The Morgan fingerprint density at radius 1 is 1.09 bits per heavy atom. The molecular weight excluding hydrogens is 471 g/mol. The highest BCUT2D eigenvalue weighted by Crippen LogP contribution is 2.40. The van der Waals surface area contributed by atoms with Gasteiger partial charge < -0.3 is 19.5 Å². The Morgan fingerprint density at radius 3 is 2.62 bits per heavy atom. The van der Waals surface area contributed by atoms with Gasteiger partial charge >= 0.3 is 0 Å². The molecule has 0 bridgehead atoms. The van der Waals surface area contributed by atoms with Gasteiger partial charge in [-0.1, -0.05) is 29.8 Å². The number of nitrogens with one attached hydrogen (secondary N) is 1. The molecule has 1 N–H and O–H groups in total. The molecule has 172 valence electrons. The topological polar surface area (TPSA) is 42.3 Å². The third kappa shape index (κ3) is 4.24. The number of pyridine rings is 1. The molecular formula is C26H22ClFN4OS. The first-order chi connectivity index (χ1) is 16.5. The van der Waals surface area contributed by atoms with Crippen molar-refractivity contribution >= 4 is 28.9 Å². The molecule has 2 aromatic heterocycles. The van der Waals surface area contributed by atoms with E-state index < -0.39 is 5.82 Å². The Kier molecular flexibility index (Phi) is 6.22. The largest absolute Gasteiger partial charge is 0.497 e. The fourth-order valence-corrected chi connectivity index (χ4v) is 4.81. The van der Waals surface area contributed by atoms with Gasteiger partial charge in [0.1, 0.15) is 11.6 Å². The Bertz CT molecular complexity index is 1310. The number of thiocarbonyl (C=S) groups is 1. The van der Waals surface area contributed by atoms with Crippen molar-refractivity contribution in [3.8, 4) is 11.4 Å². The minimum atomic E-state index is -0.449. The number of hydrogen-bond acceptors (Lipinski definition) is 3. The maximum atomic E-state index is 13.8. The number of ether oxygens (including phenoxy) is 1. The van der Waals surface area contributed by atoms with Gasteiger partial charge in [-0.05, 0) is 72.4 Å². The molecule has 34 heavy (non-hydrogen) atoms. The first-order valence-electron chi connectivity index (χ1n) is 10.8. The quantitative estimate of drug-likeness (QED) is 0.342. The lowest BCUT2D eigenvalue weighted by atomic mass is 10.0. The van der Waals surface area contributed by atoms with Gasteiger partial charge in [0.2, 0.25) is 0 Å². The van der Waals surface area contributed by atoms with E-state index in [1.165, 1.54) is 6.07 Å². The van der Waals surface area contributed by atoms with E-state index >= 15 is 0 Å². The minimum Gasteiger partial charge on any atom is -0.497 e. The van der Waals surface area contributed by atoms with Gasteiger partial charge in [-0.25, -0.2) is 4.39 Å². The van der Waals surface area contributed by atoms with Crippen LogP contribution in [0.25, 0.3) is 5.69 Å². The Labute approximate surface area is 207 Å². The zero-order chi connectivity index (χ0) is 23.7. The zero-order valence-corrected chi connectivity index (χ0v) is 19.9. The van der Waals surface area contributed by atoms with Gasteiger partial charge in [-0.2, -0.15) is 0 Å². The van der Waals surface area contributed by atoms with Crippen molar-refractivity contribution in [1.82, 2.24) is 19.8 Å². The number of hydrogen-bond donors (Lipinski definition) is 1. The zero-order valence-electron chi connectivity index (χ0n) is 18.4. The van der Waals surface area contributed by atoms with Crippen LogP contribution >= 0.6 is 23.8 Å². The molecule has 1 aliphatic rings. The second kappa shape index (κ2) is 9.44. The Balaban J connectivity index is 1.58. The van der Waals surface area contributed by atoms with Crippen LogP contribution in [0, 0.1) is 5.82 Å². The predicted molar refractivity (Wildman–Crippen MR) is 135 cm³/mol. The van der Waals surface area contributed by atoms with Crippen molar-refractivity contribution in [3.05, 3.63) is 113 Å². The number of aromatic nitrogens is 2. The van der Waals surface area contributed by atoms with Crippen LogP contribution in [0.1, 0.15) is 29.0 Å². The number of nitrogens with zero attached hydrogens (tertiary/aromatic N) is 3. The molecule has 5 nitrogen and oxygen atoms in total. The van der Waals surface area contributed by atoms with Crippen LogP contribution in [-0.2, 0) is 6.54 Å². The molecule has 0 aliphatic carbocycles. The summed E-state index contributed by atoms with van der Waals surface area (Å²) in [5.74, 6) is 0.353. The third-order valence-electron chi connectivity index (χ3n) is 5.97. The van der Waals surface area contributed by atoms with Gasteiger partial charge in [0, 0.05) is 30.3 Å². The van der Waals surface area contributed by atoms with E-state index in [-0.39, 0.29) is 17.1 Å². The number of halogens is 2. The normalized spacial score (nSPS) is 17.6. The van der Waals surface area contributed by atoms with Crippen molar-refractivity contribution in [2.45, 2.75) is 18.6 Å². The summed E-state index contributed by atoms with van der Waals surface area (Å²) in [7, 11) is 1.65. The van der Waals surface area contributed by atoms with E-state index in [9.17, 15) is 4.39 Å². The van der Waals surface area contributed by atoms with Gasteiger partial charge in [0.05, 0.1) is 29.9 Å². The van der Waals surface area contributed by atoms with Crippen molar-refractivity contribution < 1.29 is 9.13 Å². The van der Waals surface area contributed by atoms with Crippen LogP contribution in [0.4, 0.5) is 4.39 Å². The molecule has 0 radical (unpaired) electrons. The lowest BCUT2D eigenvalue weighted by Gasteiger charge is -2.29. The maximum Gasteiger partial charge on any atom is 0.170 e. The van der Waals surface area contributed by atoms with E-state index in [4.69, 9.17) is 28.6 Å². The monoisotopic (exact) mass is 492 g/mol. The van der Waals surface area contributed by atoms with Gasteiger partial charge in [0.25, 0.3) is 0 Å². The van der Waals surface area contributed by atoms with Crippen LogP contribution in [-0.4, -0.2) is 26.7 Å². The maximum absolute atomic E-state index is 13.8. The summed E-state index contributed by atoms with van der Waals surface area (Å²) < 4.78 is 21.2. The van der Waals surface area contributed by atoms with Crippen LogP contribution in [0.2, 0.25) is 5.02 Å². The highest BCUT2D eigenvalue weighted by atomic mass is 35.5. The summed E-state index contributed by atoms with van der Waals surface area (Å²) in [6, 6.07) is 22.2. The Morgan fingerprint density at radius 2 is 1.91 bits per heavy atom. The Hall–Kier alpha value is -3.42. The molecule has 0 unspecified atom stereocenters. The van der Waals surface area contributed by atoms with Crippen LogP contribution in [0.15, 0.2) is 85.2 Å². The predicted octanol–water partition coefficient (Wildman–Crippen LogP) is 5.85. The summed E-state index contributed by atoms with van der Waals surface area (Å²) in [5, 5.41) is 4.19. The minimum absolute atomic E-state index is 0.0774. The molecule has 0 spiro atoms. The lowest BCUT2D eigenvalue weighted by Crippen LogP contribution is -2.30. The SMILES string of the molecule is COc1ccc(CN2C(=S)N[C@H](c3ccccn3)[C@@H]2c2cccn2-c2ccc(F)c(Cl)c2)cc1. The molecule has 2 atom stereocenters. The van der Waals surface area contributed by atoms with Crippen LogP contribution < -0.4 is 10.1 Å². The molecule has 5 rings (SSSR count). The molecule has 1 fully saturated rings.